The van der Waals surface area contributed by atoms with E-state index in [2.05, 4.69) is 32.4 Å². The van der Waals surface area contributed by atoms with Crippen molar-refractivity contribution >= 4 is 0 Å². The van der Waals surface area contributed by atoms with Crippen LogP contribution in [0.3, 0.4) is 0 Å². The first-order chi connectivity index (χ1) is 13.4. The van der Waals surface area contributed by atoms with Gasteiger partial charge in [-0.25, -0.2) is 9.97 Å². The van der Waals surface area contributed by atoms with E-state index in [1.54, 1.807) is 6.20 Å². The molecular formula is C20H20F3N5. The third-order valence-electron chi connectivity index (χ3n) is 5.32. The molecule has 1 unspecified atom stereocenters. The number of imidazole rings is 1. The summed E-state index contributed by atoms with van der Waals surface area (Å²) in [6, 6.07) is 9.81. The molecule has 1 aliphatic carbocycles. The van der Waals surface area contributed by atoms with E-state index in [0.717, 1.165) is 30.4 Å². The van der Waals surface area contributed by atoms with Crippen LogP contribution >= 0.6 is 0 Å². The molecule has 4 rings (SSSR count). The SMILES string of the molecule is Cn1ccnc1C(NCc1nccnc1C(F)(F)F)C1(c2ccccc2)CC1. The number of nitrogens with zero attached hydrogens (tertiary/aromatic N) is 4. The van der Waals surface area contributed by atoms with Gasteiger partial charge in [0.2, 0.25) is 0 Å². The predicted molar refractivity (Wildman–Crippen MR) is 97.2 cm³/mol. The molecule has 28 heavy (non-hydrogen) atoms. The van der Waals surface area contributed by atoms with Crippen LogP contribution in [0.1, 0.15) is 41.7 Å². The lowest BCUT2D eigenvalue weighted by molar-refractivity contribution is -0.142. The maximum atomic E-state index is 13.3. The minimum Gasteiger partial charge on any atom is -0.337 e. The van der Waals surface area contributed by atoms with Crippen molar-refractivity contribution in [3.8, 4) is 0 Å². The molecular weight excluding hydrogens is 367 g/mol. The van der Waals surface area contributed by atoms with Gasteiger partial charge in [-0.2, -0.15) is 13.2 Å². The number of alkyl halides is 3. The average Bonchev–Trinajstić information content (AvgIpc) is 3.38. The number of rotatable bonds is 6. The van der Waals surface area contributed by atoms with Crippen molar-refractivity contribution in [2.45, 2.75) is 37.0 Å². The van der Waals surface area contributed by atoms with Crippen molar-refractivity contribution in [2.24, 2.45) is 7.05 Å². The van der Waals surface area contributed by atoms with Crippen LogP contribution in [-0.2, 0) is 25.2 Å². The number of hydrogen-bond acceptors (Lipinski definition) is 4. The number of hydrogen-bond donors (Lipinski definition) is 1. The summed E-state index contributed by atoms with van der Waals surface area (Å²) in [5.41, 5.74) is -0.101. The normalized spacial score (nSPS) is 16.7. The monoisotopic (exact) mass is 387 g/mol. The first-order valence-corrected chi connectivity index (χ1v) is 9.05. The number of aryl methyl sites for hydroxylation is 1. The van der Waals surface area contributed by atoms with Gasteiger partial charge in [-0.1, -0.05) is 30.3 Å². The summed E-state index contributed by atoms with van der Waals surface area (Å²) >= 11 is 0. The Morgan fingerprint density at radius 3 is 2.39 bits per heavy atom. The summed E-state index contributed by atoms with van der Waals surface area (Å²) in [7, 11) is 1.89. The highest BCUT2D eigenvalue weighted by Crippen LogP contribution is 2.56. The molecule has 0 amide bonds. The second-order valence-corrected chi connectivity index (χ2v) is 7.08. The summed E-state index contributed by atoms with van der Waals surface area (Å²) in [6.45, 7) is -0.0468. The third kappa shape index (κ3) is 3.40. The lowest BCUT2D eigenvalue weighted by Gasteiger charge is -2.28. The molecule has 1 aromatic carbocycles. The van der Waals surface area contributed by atoms with E-state index >= 15 is 0 Å². The molecule has 2 aromatic heterocycles. The smallest absolute Gasteiger partial charge is 0.337 e. The Balaban J connectivity index is 1.67. The standard InChI is InChI=1S/C20H20F3N5/c1-28-12-11-26-18(28)17(19(7-8-19)14-5-3-2-4-6-14)27-13-15-16(20(21,22)23)25-10-9-24-15/h2-6,9-12,17,27H,7-8,13H2,1H3. The summed E-state index contributed by atoms with van der Waals surface area (Å²) in [5.74, 6) is 0.791. The minimum absolute atomic E-state index is 0.0468. The molecule has 0 bridgehead atoms. The van der Waals surface area contributed by atoms with Crippen LogP contribution in [0.5, 0.6) is 0 Å². The van der Waals surface area contributed by atoms with Crippen LogP contribution in [0.2, 0.25) is 0 Å². The molecule has 2 heterocycles. The van der Waals surface area contributed by atoms with E-state index in [1.807, 2.05) is 36.0 Å². The second kappa shape index (κ2) is 7.01. The fraction of sp³-hybridized carbons (Fsp3) is 0.350. The van der Waals surface area contributed by atoms with Gasteiger partial charge in [0.15, 0.2) is 5.69 Å². The molecule has 5 nitrogen and oxygen atoms in total. The first-order valence-electron chi connectivity index (χ1n) is 9.05. The van der Waals surface area contributed by atoms with Gasteiger partial charge >= 0.3 is 6.18 Å². The van der Waals surface area contributed by atoms with Gasteiger partial charge in [-0.3, -0.25) is 4.98 Å². The fourth-order valence-corrected chi connectivity index (χ4v) is 3.77. The van der Waals surface area contributed by atoms with Gasteiger partial charge in [0, 0.05) is 43.8 Å². The quantitative estimate of drug-likeness (QED) is 0.699. The van der Waals surface area contributed by atoms with Gasteiger partial charge in [-0.15, -0.1) is 0 Å². The van der Waals surface area contributed by atoms with Crippen LogP contribution in [0.25, 0.3) is 0 Å². The van der Waals surface area contributed by atoms with E-state index in [1.165, 1.54) is 6.20 Å². The lowest BCUT2D eigenvalue weighted by Crippen LogP contribution is -2.34. The van der Waals surface area contributed by atoms with E-state index < -0.39 is 11.9 Å². The predicted octanol–water partition coefficient (Wildman–Crippen LogP) is 3.79. The topological polar surface area (TPSA) is 55.6 Å². The highest BCUT2D eigenvalue weighted by atomic mass is 19.4. The zero-order chi connectivity index (χ0) is 19.8. The van der Waals surface area contributed by atoms with Crippen molar-refractivity contribution in [1.29, 1.82) is 0 Å². The molecule has 8 heteroatoms. The van der Waals surface area contributed by atoms with Gasteiger partial charge in [0.05, 0.1) is 11.7 Å². The van der Waals surface area contributed by atoms with Crippen LogP contribution in [0.4, 0.5) is 13.2 Å². The van der Waals surface area contributed by atoms with E-state index in [-0.39, 0.29) is 23.7 Å². The largest absolute Gasteiger partial charge is 0.435 e. The van der Waals surface area contributed by atoms with Crippen molar-refractivity contribution in [2.75, 3.05) is 0 Å². The molecule has 146 valence electrons. The van der Waals surface area contributed by atoms with Crippen molar-refractivity contribution in [3.63, 3.8) is 0 Å². The second-order valence-electron chi connectivity index (χ2n) is 7.08. The molecule has 1 atom stereocenters. The maximum absolute atomic E-state index is 13.3. The molecule has 1 aliphatic rings. The van der Waals surface area contributed by atoms with Crippen LogP contribution in [0, 0.1) is 0 Å². The molecule has 1 fully saturated rings. The zero-order valence-electron chi connectivity index (χ0n) is 15.3. The summed E-state index contributed by atoms with van der Waals surface area (Å²) in [4.78, 5) is 11.9. The zero-order valence-corrected chi connectivity index (χ0v) is 15.3. The van der Waals surface area contributed by atoms with Crippen molar-refractivity contribution in [3.05, 3.63) is 77.9 Å². The number of benzene rings is 1. The third-order valence-corrected chi connectivity index (χ3v) is 5.32. The molecule has 0 aliphatic heterocycles. The Kier molecular flexibility index (Phi) is 4.66. The van der Waals surface area contributed by atoms with E-state index in [4.69, 9.17) is 0 Å². The maximum Gasteiger partial charge on any atom is 0.435 e. The number of halogens is 3. The molecule has 1 saturated carbocycles. The van der Waals surface area contributed by atoms with Gasteiger partial charge in [-0.05, 0) is 18.4 Å². The number of nitrogens with one attached hydrogen (secondary N) is 1. The highest BCUT2D eigenvalue weighted by Gasteiger charge is 2.52. The molecule has 0 saturated heterocycles. The summed E-state index contributed by atoms with van der Waals surface area (Å²) in [5, 5.41) is 3.31. The van der Waals surface area contributed by atoms with Gasteiger partial charge in [0.25, 0.3) is 0 Å². The lowest BCUT2D eigenvalue weighted by atomic mass is 9.87. The van der Waals surface area contributed by atoms with Crippen LogP contribution in [-0.4, -0.2) is 19.5 Å². The van der Waals surface area contributed by atoms with Crippen molar-refractivity contribution < 1.29 is 13.2 Å². The summed E-state index contributed by atoms with van der Waals surface area (Å²) < 4.78 is 41.7. The fourth-order valence-electron chi connectivity index (χ4n) is 3.77. The Morgan fingerprint density at radius 2 is 1.79 bits per heavy atom. The van der Waals surface area contributed by atoms with Crippen molar-refractivity contribution in [1.82, 2.24) is 24.8 Å². The Labute approximate surface area is 160 Å². The summed E-state index contributed by atoms with van der Waals surface area (Å²) in [6.07, 6.45) is 3.23. The first kappa shape index (κ1) is 18.6. The van der Waals surface area contributed by atoms with E-state index in [9.17, 15) is 13.2 Å². The highest BCUT2D eigenvalue weighted by molar-refractivity contribution is 5.36. The molecule has 1 N–H and O–H groups in total. The Hall–Kier alpha value is -2.74. The van der Waals surface area contributed by atoms with Crippen LogP contribution < -0.4 is 5.32 Å². The molecule has 3 aromatic rings. The van der Waals surface area contributed by atoms with Crippen LogP contribution in [0.15, 0.2) is 55.1 Å². The number of aromatic nitrogens is 4. The Bertz CT molecular complexity index is 948. The van der Waals surface area contributed by atoms with Gasteiger partial charge < -0.3 is 9.88 Å². The minimum atomic E-state index is -4.54. The molecule has 0 spiro atoms. The van der Waals surface area contributed by atoms with Gasteiger partial charge in [0.1, 0.15) is 5.82 Å². The molecule has 0 radical (unpaired) electrons. The average molecular weight is 387 g/mol. The Morgan fingerprint density at radius 1 is 1.07 bits per heavy atom. The van der Waals surface area contributed by atoms with E-state index in [0.29, 0.717) is 0 Å².